The lowest BCUT2D eigenvalue weighted by Crippen LogP contribution is -2.44. The maximum absolute atomic E-state index is 5.56. The van der Waals surface area contributed by atoms with Crippen molar-refractivity contribution >= 4 is 22.6 Å². The molecule has 0 spiro atoms. The molecule has 1 aromatic carbocycles. The molecule has 0 bridgehead atoms. The molecule has 2 heterocycles. The average molecular weight is 303 g/mol. The molecule has 0 aliphatic carbocycles. The van der Waals surface area contributed by atoms with Crippen molar-refractivity contribution in [3.8, 4) is 0 Å². The Labute approximate surface area is 129 Å². The Morgan fingerprint density at radius 1 is 1.38 bits per heavy atom. The van der Waals surface area contributed by atoms with Crippen molar-refractivity contribution in [3.05, 3.63) is 35.9 Å². The fourth-order valence-corrected chi connectivity index (χ4v) is 3.45. The van der Waals surface area contributed by atoms with Crippen LogP contribution in [0.4, 0.5) is 11.1 Å². The Hall–Kier alpha value is -1.66. The summed E-state index contributed by atoms with van der Waals surface area (Å²) < 4.78 is 4.01. The van der Waals surface area contributed by atoms with E-state index in [1.165, 1.54) is 17.1 Å². The molecule has 2 atom stereocenters. The maximum Gasteiger partial charge on any atom is 0.233 e. The smallest absolute Gasteiger partial charge is 0.233 e. The zero-order valence-corrected chi connectivity index (χ0v) is 13.0. The number of likely N-dealkylation sites (tertiary alicyclic amines) is 1. The van der Waals surface area contributed by atoms with E-state index >= 15 is 0 Å². The number of hydrogen-bond donors (Lipinski definition) is 2. The topological polar surface area (TPSA) is 67.1 Å². The van der Waals surface area contributed by atoms with Gasteiger partial charge in [0.2, 0.25) is 11.1 Å². The number of hydrogen-bond acceptors (Lipinski definition) is 6. The number of nitrogens with one attached hydrogen (secondary N) is 1. The van der Waals surface area contributed by atoms with E-state index in [1.54, 1.807) is 0 Å². The molecule has 21 heavy (non-hydrogen) atoms. The molecule has 1 saturated heterocycles. The first kappa shape index (κ1) is 14.3. The molecule has 1 aliphatic rings. The Morgan fingerprint density at radius 2 is 2.19 bits per heavy atom. The number of anilines is 2. The van der Waals surface area contributed by atoms with Crippen molar-refractivity contribution in [1.29, 1.82) is 0 Å². The minimum Gasteiger partial charge on any atom is -0.367 e. The van der Waals surface area contributed by atoms with Crippen LogP contribution < -0.4 is 11.1 Å². The van der Waals surface area contributed by atoms with Crippen molar-refractivity contribution in [2.24, 2.45) is 0 Å². The highest BCUT2D eigenvalue weighted by Gasteiger charge is 2.25. The van der Waals surface area contributed by atoms with Gasteiger partial charge in [-0.2, -0.15) is 9.36 Å². The third-order valence-corrected chi connectivity index (χ3v) is 4.67. The Bertz CT molecular complexity index is 570. The van der Waals surface area contributed by atoms with Crippen LogP contribution in [0.2, 0.25) is 0 Å². The Morgan fingerprint density at radius 3 is 2.86 bits per heavy atom. The highest BCUT2D eigenvalue weighted by Crippen LogP contribution is 2.23. The summed E-state index contributed by atoms with van der Waals surface area (Å²) in [5.74, 6) is 0.358. The van der Waals surface area contributed by atoms with Gasteiger partial charge in [0, 0.05) is 36.7 Å². The second-order valence-corrected chi connectivity index (χ2v) is 6.38. The molecule has 2 unspecified atom stereocenters. The first-order valence-electron chi connectivity index (χ1n) is 7.34. The molecule has 6 heteroatoms. The monoisotopic (exact) mass is 303 g/mol. The van der Waals surface area contributed by atoms with E-state index in [-0.39, 0.29) is 0 Å². The molecule has 3 N–H and O–H groups in total. The lowest BCUT2D eigenvalue weighted by atomic mass is 9.98. The molecule has 2 aromatic rings. The van der Waals surface area contributed by atoms with Gasteiger partial charge in [0.05, 0.1) is 0 Å². The minimum atomic E-state index is 0.358. The van der Waals surface area contributed by atoms with E-state index in [1.807, 2.05) is 0 Å². The molecular formula is C15H21N5S. The van der Waals surface area contributed by atoms with Crippen LogP contribution in [0.15, 0.2) is 30.3 Å². The molecular weight excluding hydrogens is 282 g/mol. The normalized spacial score (nSPS) is 23.1. The molecule has 5 nitrogen and oxygen atoms in total. The van der Waals surface area contributed by atoms with Crippen LogP contribution in [-0.4, -0.2) is 32.9 Å². The van der Waals surface area contributed by atoms with E-state index in [2.05, 4.69) is 56.8 Å². The Kier molecular flexibility index (Phi) is 4.36. The number of nitrogens with zero attached hydrogens (tertiary/aromatic N) is 3. The van der Waals surface area contributed by atoms with Gasteiger partial charge in [-0.3, -0.25) is 4.90 Å². The van der Waals surface area contributed by atoms with Crippen molar-refractivity contribution in [2.75, 3.05) is 17.6 Å². The van der Waals surface area contributed by atoms with Gasteiger partial charge in [-0.05, 0) is 25.3 Å². The third-order valence-electron chi connectivity index (χ3n) is 4.01. The summed E-state index contributed by atoms with van der Waals surface area (Å²) in [6, 6.07) is 11.7. The molecule has 0 amide bonds. The van der Waals surface area contributed by atoms with E-state index in [4.69, 9.17) is 5.73 Å². The highest BCUT2D eigenvalue weighted by molar-refractivity contribution is 7.09. The van der Waals surface area contributed by atoms with E-state index in [9.17, 15) is 0 Å². The van der Waals surface area contributed by atoms with Gasteiger partial charge in [-0.15, -0.1) is 0 Å². The molecule has 0 radical (unpaired) electrons. The summed E-state index contributed by atoms with van der Waals surface area (Å²) in [4.78, 5) is 6.72. The molecule has 1 fully saturated rings. The number of nitrogens with two attached hydrogens (primary N) is 1. The van der Waals surface area contributed by atoms with Crippen LogP contribution in [0.5, 0.6) is 0 Å². The molecule has 1 aromatic heterocycles. The number of aromatic nitrogens is 2. The number of piperidine rings is 1. The highest BCUT2D eigenvalue weighted by atomic mass is 32.1. The predicted octanol–water partition coefficient (Wildman–Crippen LogP) is 2.59. The summed E-state index contributed by atoms with van der Waals surface area (Å²) >= 11 is 1.34. The second kappa shape index (κ2) is 6.41. The zero-order valence-electron chi connectivity index (χ0n) is 12.2. The summed E-state index contributed by atoms with van der Waals surface area (Å²) in [6.45, 7) is 4.42. The average Bonchev–Trinajstić information content (AvgIpc) is 2.88. The van der Waals surface area contributed by atoms with Gasteiger partial charge in [-0.1, -0.05) is 30.3 Å². The first-order valence-corrected chi connectivity index (χ1v) is 8.12. The SMILES string of the molecule is CC1CC(Nc2nc(N)ns2)CCN1Cc1ccccc1. The fourth-order valence-electron chi connectivity index (χ4n) is 2.87. The quantitative estimate of drug-likeness (QED) is 0.908. The van der Waals surface area contributed by atoms with Crippen LogP contribution in [0.1, 0.15) is 25.3 Å². The fraction of sp³-hybridized carbons (Fsp3) is 0.467. The van der Waals surface area contributed by atoms with E-state index in [0.29, 0.717) is 18.0 Å². The number of benzene rings is 1. The van der Waals surface area contributed by atoms with Gasteiger partial charge >= 0.3 is 0 Å². The summed E-state index contributed by atoms with van der Waals surface area (Å²) in [5.41, 5.74) is 6.94. The van der Waals surface area contributed by atoms with Gasteiger partial charge in [-0.25, -0.2) is 0 Å². The second-order valence-electron chi connectivity index (χ2n) is 5.63. The molecule has 3 rings (SSSR count). The standard InChI is InChI=1S/C15H21N5S/c1-11-9-13(17-15-18-14(16)19-21-15)7-8-20(11)10-12-5-3-2-4-6-12/h2-6,11,13H,7-10H2,1H3,(H3,16,17,18,19). The summed E-state index contributed by atoms with van der Waals surface area (Å²) in [7, 11) is 0. The predicted molar refractivity (Wildman–Crippen MR) is 87.3 cm³/mol. The van der Waals surface area contributed by atoms with Crippen LogP contribution in [0.3, 0.4) is 0 Å². The van der Waals surface area contributed by atoms with Crippen LogP contribution in [0.25, 0.3) is 0 Å². The minimum absolute atomic E-state index is 0.358. The largest absolute Gasteiger partial charge is 0.367 e. The van der Waals surface area contributed by atoms with E-state index in [0.717, 1.165) is 31.1 Å². The number of nitrogen functional groups attached to an aromatic ring is 1. The van der Waals surface area contributed by atoms with Gasteiger partial charge in [0.15, 0.2) is 0 Å². The van der Waals surface area contributed by atoms with E-state index < -0.39 is 0 Å². The Balaban J connectivity index is 1.54. The summed E-state index contributed by atoms with van der Waals surface area (Å²) in [6.07, 6.45) is 2.24. The van der Waals surface area contributed by atoms with Crippen LogP contribution in [-0.2, 0) is 6.54 Å². The van der Waals surface area contributed by atoms with Crippen molar-refractivity contribution < 1.29 is 0 Å². The van der Waals surface area contributed by atoms with Crippen molar-refractivity contribution in [1.82, 2.24) is 14.3 Å². The summed E-state index contributed by atoms with van der Waals surface area (Å²) in [5, 5.41) is 4.29. The lowest BCUT2D eigenvalue weighted by Gasteiger charge is -2.37. The van der Waals surface area contributed by atoms with Crippen molar-refractivity contribution in [3.63, 3.8) is 0 Å². The van der Waals surface area contributed by atoms with Crippen LogP contribution >= 0.6 is 11.5 Å². The van der Waals surface area contributed by atoms with Crippen molar-refractivity contribution in [2.45, 2.75) is 38.4 Å². The van der Waals surface area contributed by atoms with Crippen LogP contribution in [0, 0.1) is 0 Å². The van der Waals surface area contributed by atoms with Gasteiger partial charge in [0.1, 0.15) is 0 Å². The zero-order chi connectivity index (χ0) is 14.7. The first-order chi connectivity index (χ1) is 10.2. The van der Waals surface area contributed by atoms with Gasteiger partial charge < -0.3 is 11.1 Å². The molecule has 1 aliphatic heterocycles. The lowest BCUT2D eigenvalue weighted by molar-refractivity contribution is 0.144. The maximum atomic E-state index is 5.56. The van der Waals surface area contributed by atoms with Gasteiger partial charge in [0.25, 0.3) is 0 Å². The molecule has 0 saturated carbocycles. The number of rotatable bonds is 4. The molecule has 112 valence electrons. The third kappa shape index (κ3) is 3.71.